The average molecular weight is 261 g/mol. The van der Waals surface area contributed by atoms with Crippen molar-refractivity contribution in [1.82, 2.24) is 5.32 Å². The van der Waals surface area contributed by atoms with E-state index in [1.807, 2.05) is 6.92 Å². The third-order valence-corrected chi connectivity index (χ3v) is 2.88. The van der Waals surface area contributed by atoms with Crippen LogP contribution in [0.15, 0.2) is 41.8 Å². The van der Waals surface area contributed by atoms with Crippen molar-refractivity contribution in [3.8, 4) is 0 Å². The van der Waals surface area contributed by atoms with Crippen LogP contribution in [0.2, 0.25) is 0 Å². The van der Waals surface area contributed by atoms with E-state index in [1.54, 1.807) is 18.2 Å². The zero-order chi connectivity index (χ0) is 12.9. The third kappa shape index (κ3) is 5.79. The van der Waals surface area contributed by atoms with E-state index in [9.17, 15) is 13.2 Å². The standard InChI is InChI=1S/C12H14F3NS/c1-3-9(2)16-8-10-4-6-11(7-5-10)17-12(13,14)15/h3-7,9,16H,1,8H2,2H3. The molecule has 0 saturated heterocycles. The molecule has 1 aromatic carbocycles. The highest BCUT2D eigenvalue weighted by Gasteiger charge is 2.28. The quantitative estimate of drug-likeness (QED) is 0.636. The van der Waals surface area contributed by atoms with Crippen molar-refractivity contribution in [2.24, 2.45) is 0 Å². The van der Waals surface area contributed by atoms with Gasteiger partial charge in [-0.1, -0.05) is 18.2 Å². The van der Waals surface area contributed by atoms with Crippen LogP contribution in [0.1, 0.15) is 12.5 Å². The first kappa shape index (κ1) is 14.1. The number of thioether (sulfide) groups is 1. The molecule has 0 saturated carbocycles. The van der Waals surface area contributed by atoms with E-state index < -0.39 is 5.51 Å². The summed E-state index contributed by atoms with van der Waals surface area (Å²) < 4.78 is 36.2. The Kier molecular flexibility index (Phi) is 5.08. The Hall–Kier alpha value is -0.940. The maximum Gasteiger partial charge on any atom is 0.446 e. The van der Waals surface area contributed by atoms with Gasteiger partial charge in [0.2, 0.25) is 0 Å². The molecule has 1 rings (SSSR count). The fourth-order valence-corrected chi connectivity index (χ4v) is 1.71. The van der Waals surface area contributed by atoms with Crippen LogP contribution in [0.4, 0.5) is 13.2 Å². The number of nitrogens with one attached hydrogen (secondary N) is 1. The summed E-state index contributed by atoms with van der Waals surface area (Å²) in [4.78, 5) is 0.206. The van der Waals surface area contributed by atoms with Crippen LogP contribution in [-0.4, -0.2) is 11.6 Å². The maximum atomic E-state index is 12.1. The molecule has 1 N–H and O–H groups in total. The second kappa shape index (κ2) is 6.12. The number of rotatable bonds is 5. The van der Waals surface area contributed by atoms with Gasteiger partial charge in [0.15, 0.2) is 0 Å². The molecule has 0 amide bonds. The van der Waals surface area contributed by atoms with Gasteiger partial charge in [0.1, 0.15) is 0 Å². The summed E-state index contributed by atoms with van der Waals surface area (Å²) >= 11 is -0.0982. The van der Waals surface area contributed by atoms with Gasteiger partial charge in [-0.25, -0.2) is 0 Å². The molecule has 0 aliphatic carbocycles. The van der Waals surface area contributed by atoms with Crippen LogP contribution in [0.25, 0.3) is 0 Å². The fourth-order valence-electron chi connectivity index (χ4n) is 1.17. The second-order valence-electron chi connectivity index (χ2n) is 3.60. The Balaban J connectivity index is 2.53. The summed E-state index contributed by atoms with van der Waals surface area (Å²) in [6.07, 6.45) is 1.77. The van der Waals surface area contributed by atoms with Crippen molar-refractivity contribution in [2.75, 3.05) is 0 Å². The first-order valence-electron chi connectivity index (χ1n) is 5.11. The zero-order valence-corrected chi connectivity index (χ0v) is 10.2. The van der Waals surface area contributed by atoms with E-state index in [0.29, 0.717) is 6.54 Å². The van der Waals surface area contributed by atoms with Crippen molar-refractivity contribution in [3.63, 3.8) is 0 Å². The smallest absolute Gasteiger partial charge is 0.307 e. The Morgan fingerprint density at radius 3 is 2.41 bits per heavy atom. The molecular formula is C12H14F3NS. The fraction of sp³-hybridized carbons (Fsp3) is 0.333. The van der Waals surface area contributed by atoms with Crippen LogP contribution in [0, 0.1) is 0 Å². The lowest BCUT2D eigenvalue weighted by molar-refractivity contribution is -0.0328. The lowest BCUT2D eigenvalue weighted by Crippen LogP contribution is -2.22. The number of hydrogen-bond donors (Lipinski definition) is 1. The summed E-state index contributed by atoms with van der Waals surface area (Å²) in [5, 5.41) is 3.17. The van der Waals surface area contributed by atoms with Gasteiger partial charge in [-0.2, -0.15) is 13.2 Å². The van der Waals surface area contributed by atoms with E-state index in [0.717, 1.165) is 5.56 Å². The first-order valence-corrected chi connectivity index (χ1v) is 5.93. The van der Waals surface area contributed by atoms with Crippen molar-refractivity contribution in [3.05, 3.63) is 42.5 Å². The van der Waals surface area contributed by atoms with Crippen molar-refractivity contribution in [1.29, 1.82) is 0 Å². The molecule has 1 atom stereocenters. The molecule has 0 aromatic heterocycles. The Labute approximate surface area is 103 Å². The SMILES string of the molecule is C=CC(C)NCc1ccc(SC(F)(F)F)cc1. The van der Waals surface area contributed by atoms with Gasteiger partial charge in [0.05, 0.1) is 0 Å². The molecule has 0 spiro atoms. The predicted molar refractivity (Wildman–Crippen MR) is 64.9 cm³/mol. The highest BCUT2D eigenvalue weighted by molar-refractivity contribution is 8.00. The lowest BCUT2D eigenvalue weighted by Gasteiger charge is -2.10. The summed E-state index contributed by atoms with van der Waals surface area (Å²) in [5.74, 6) is 0. The Morgan fingerprint density at radius 1 is 1.35 bits per heavy atom. The highest BCUT2D eigenvalue weighted by atomic mass is 32.2. The molecule has 0 radical (unpaired) electrons. The van der Waals surface area contributed by atoms with Crippen molar-refractivity contribution < 1.29 is 13.2 Å². The molecule has 94 valence electrons. The normalized spacial score (nSPS) is 13.4. The summed E-state index contributed by atoms with van der Waals surface area (Å²) in [6, 6.07) is 6.52. The molecule has 0 aliphatic heterocycles. The molecule has 1 aromatic rings. The minimum absolute atomic E-state index is 0.0982. The average Bonchev–Trinajstić information content (AvgIpc) is 2.25. The molecule has 0 bridgehead atoms. The lowest BCUT2D eigenvalue weighted by atomic mass is 10.2. The van der Waals surface area contributed by atoms with E-state index in [1.165, 1.54) is 12.1 Å². The van der Waals surface area contributed by atoms with Crippen LogP contribution >= 0.6 is 11.8 Å². The number of hydrogen-bond acceptors (Lipinski definition) is 2. The second-order valence-corrected chi connectivity index (χ2v) is 4.74. The molecule has 1 nitrogen and oxygen atoms in total. The largest absolute Gasteiger partial charge is 0.446 e. The number of benzene rings is 1. The topological polar surface area (TPSA) is 12.0 Å². The van der Waals surface area contributed by atoms with Crippen LogP contribution < -0.4 is 5.32 Å². The number of alkyl halides is 3. The molecular weight excluding hydrogens is 247 g/mol. The predicted octanol–water partition coefficient (Wildman–Crippen LogP) is 3.96. The molecule has 0 aliphatic rings. The van der Waals surface area contributed by atoms with Gasteiger partial charge in [0, 0.05) is 17.5 Å². The van der Waals surface area contributed by atoms with Gasteiger partial charge in [-0.15, -0.1) is 6.58 Å². The van der Waals surface area contributed by atoms with Crippen molar-refractivity contribution >= 4 is 11.8 Å². The van der Waals surface area contributed by atoms with Crippen molar-refractivity contribution in [2.45, 2.75) is 29.9 Å². The summed E-state index contributed by atoms with van der Waals surface area (Å²) in [6.45, 7) is 6.21. The molecule has 0 fully saturated rings. The minimum Gasteiger partial charge on any atom is -0.307 e. The third-order valence-electron chi connectivity index (χ3n) is 2.14. The van der Waals surface area contributed by atoms with E-state index >= 15 is 0 Å². The minimum atomic E-state index is -4.23. The monoisotopic (exact) mass is 261 g/mol. The molecule has 1 unspecified atom stereocenters. The van der Waals surface area contributed by atoms with E-state index in [-0.39, 0.29) is 22.7 Å². The summed E-state index contributed by atoms with van der Waals surface area (Å²) in [7, 11) is 0. The van der Waals surface area contributed by atoms with Crippen LogP contribution in [-0.2, 0) is 6.54 Å². The zero-order valence-electron chi connectivity index (χ0n) is 9.42. The van der Waals surface area contributed by atoms with Gasteiger partial charge in [0.25, 0.3) is 0 Å². The first-order chi connectivity index (χ1) is 7.90. The number of halogens is 3. The van der Waals surface area contributed by atoms with Gasteiger partial charge >= 0.3 is 5.51 Å². The van der Waals surface area contributed by atoms with Crippen LogP contribution in [0.3, 0.4) is 0 Å². The van der Waals surface area contributed by atoms with E-state index in [4.69, 9.17) is 0 Å². The Bertz CT molecular complexity index is 359. The molecule has 0 heterocycles. The Morgan fingerprint density at radius 2 is 1.94 bits per heavy atom. The van der Waals surface area contributed by atoms with E-state index in [2.05, 4.69) is 11.9 Å². The highest BCUT2D eigenvalue weighted by Crippen LogP contribution is 2.36. The summed E-state index contributed by atoms with van der Waals surface area (Å²) in [5.41, 5.74) is -3.28. The van der Waals surface area contributed by atoms with Gasteiger partial charge < -0.3 is 5.32 Å². The van der Waals surface area contributed by atoms with Gasteiger partial charge in [-0.3, -0.25) is 0 Å². The van der Waals surface area contributed by atoms with Gasteiger partial charge in [-0.05, 0) is 36.4 Å². The molecule has 5 heteroatoms. The van der Waals surface area contributed by atoms with Crippen LogP contribution in [0.5, 0.6) is 0 Å². The molecule has 17 heavy (non-hydrogen) atoms. The maximum absolute atomic E-state index is 12.1.